The van der Waals surface area contributed by atoms with Gasteiger partial charge in [-0.25, -0.2) is 9.18 Å². The molecule has 1 rings (SSSR count). The smallest absolute Gasteiger partial charge is 0.335 e. The Kier molecular flexibility index (Phi) is 4.59. The number of carboxylic acid groups (broad SMARTS) is 1. The van der Waals surface area contributed by atoms with Gasteiger partial charge in [-0.05, 0) is 24.7 Å². The first kappa shape index (κ1) is 13.1. The predicted molar refractivity (Wildman–Crippen MR) is 60.5 cm³/mol. The number of anilines is 1. The minimum Gasteiger partial charge on any atom is -0.478 e. The van der Waals surface area contributed by atoms with Crippen molar-refractivity contribution in [2.45, 2.75) is 6.92 Å². The summed E-state index contributed by atoms with van der Waals surface area (Å²) in [5.74, 6) is -2.36. The van der Waals surface area contributed by atoms with Gasteiger partial charge < -0.3 is 15.7 Å². The van der Waals surface area contributed by atoms with Gasteiger partial charge in [0.25, 0.3) is 0 Å². The third-order valence-corrected chi connectivity index (χ3v) is 2.03. The Balaban J connectivity index is 2.72. The van der Waals surface area contributed by atoms with Crippen LogP contribution in [0.3, 0.4) is 0 Å². The Labute approximate surface area is 97.6 Å². The number of carbonyl (C=O) groups is 2. The zero-order valence-corrected chi connectivity index (χ0v) is 9.29. The van der Waals surface area contributed by atoms with Gasteiger partial charge >= 0.3 is 5.97 Å². The van der Waals surface area contributed by atoms with Crippen molar-refractivity contribution in [3.8, 4) is 0 Å². The molecule has 0 spiro atoms. The summed E-state index contributed by atoms with van der Waals surface area (Å²) in [6, 6.07) is 3.32. The monoisotopic (exact) mass is 240 g/mol. The highest BCUT2D eigenvalue weighted by molar-refractivity contribution is 5.93. The van der Waals surface area contributed by atoms with E-state index in [1.165, 1.54) is 12.1 Å². The Hall–Kier alpha value is -1.95. The number of benzene rings is 1. The van der Waals surface area contributed by atoms with Crippen LogP contribution in [-0.2, 0) is 4.79 Å². The summed E-state index contributed by atoms with van der Waals surface area (Å²) in [5, 5.41) is 13.8. The van der Waals surface area contributed by atoms with Gasteiger partial charge in [0, 0.05) is 0 Å². The first-order valence-electron chi connectivity index (χ1n) is 5.08. The number of amides is 1. The van der Waals surface area contributed by atoms with Crippen molar-refractivity contribution in [3.05, 3.63) is 29.6 Å². The predicted octanol–water partition coefficient (Wildman–Crippen LogP) is 1.07. The number of carboxylic acids is 1. The van der Waals surface area contributed by atoms with Crippen molar-refractivity contribution in [1.29, 1.82) is 0 Å². The van der Waals surface area contributed by atoms with Crippen LogP contribution in [0, 0.1) is 5.82 Å². The van der Waals surface area contributed by atoms with Gasteiger partial charge in [-0.3, -0.25) is 4.79 Å². The highest BCUT2D eigenvalue weighted by Crippen LogP contribution is 2.15. The van der Waals surface area contributed by atoms with Crippen LogP contribution in [0.1, 0.15) is 17.3 Å². The Morgan fingerprint density at radius 1 is 1.41 bits per heavy atom. The average molecular weight is 240 g/mol. The lowest BCUT2D eigenvalue weighted by molar-refractivity contribution is -0.115. The summed E-state index contributed by atoms with van der Waals surface area (Å²) in [7, 11) is 0. The average Bonchev–Trinajstić information content (AvgIpc) is 2.28. The lowest BCUT2D eigenvalue weighted by Crippen LogP contribution is -2.28. The molecule has 0 heterocycles. The van der Waals surface area contributed by atoms with Crippen LogP contribution in [0.2, 0.25) is 0 Å². The van der Waals surface area contributed by atoms with Crippen molar-refractivity contribution in [3.63, 3.8) is 0 Å². The first-order chi connectivity index (χ1) is 8.04. The second kappa shape index (κ2) is 5.95. The third kappa shape index (κ3) is 3.84. The summed E-state index contributed by atoms with van der Waals surface area (Å²) in [4.78, 5) is 21.8. The molecule has 0 atom stereocenters. The molecule has 0 saturated heterocycles. The van der Waals surface area contributed by atoms with Gasteiger partial charge in [0.15, 0.2) is 0 Å². The fraction of sp³-hybridized carbons (Fsp3) is 0.273. The van der Waals surface area contributed by atoms with Gasteiger partial charge in [0.05, 0.1) is 17.8 Å². The van der Waals surface area contributed by atoms with Crippen molar-refractivity contribution >= 4 is 17.6 Å². The molecule has 0 saturated carbocycles. The standard InChI is InChI=1S/C11H13FN2O3/c1-2-13-6-10(15)14-9-4-3-7(11(16)17)5-8(9)12/h3-5,13H,2,6H2,1H3,(H,14,15)(H,16,17). The van der Waals surface area contributed by atoms with E-state index in [1.54, 1.807) is 0 Å². The van der Waals surface area contributed by atoms with E-state index in [0.717, 1.165) is 6.07 Å². The second-order valence-corrected chi connectivity index (χ2v) is 3.33. The molecular weight excluding hydrogens is 227 g/mol. The molecule has 0 aliphatic heterocycles. The molecule has 1 aromatic rings. The minimum absolute atomic E-state index is 0.0297. The first-order valence-corrected chi connectivity index (χ1v) is 5.08. The van der Waals surface area contributed by atoms with Gasteiger partial charge in [-0.2, -0.15) is 0 Å². The van der Waals surface area contributed by atoms with Crippen LogP contribution in [-0.4, -0.2) is 30.1 Å². The third-order valence-electron chi connectivity index (χ3n) is 2.03. The minimum atomic E-state index is -1.21. The van der Waals surface area contributed by atoms with Crippen LogP contribution in [0.5, 0.6) is 0 Å². The summed E-state index contributed by atoms with van der Waals surface area (Å²) < 4.78 is 13.4. The number of hydrogen-bond acceptors (Lipinski definition) is 3. The maximum absolute atomic E-state index is 13.4. The molecule has 0 bridgehead atoms. The fourth-order valence-electron chi connectivity index (χ4n) is 1.18. The fourth-order valence-corrected chi connectivity index (χ4v) is 1.18. The number of carbonyl (C=O) groups excluding carboxylic acids is 1. The molecule has 0 radical (unpaired) electrons. The molecule has 0 fully saturated rings. The zero-order valence-electron chi connectivity index (χ0n) is 9.29. The quantitative estimate of drug-likeness (QED) is 0.719. The summed E-state index contributed by atoms with van der Waals surface area (Å²) in [6.45, 7) is 2.56. The van der Waals surface area contributed by atoms with Crippen molar-refractivity contribution in [1.82, 2.24) is 5.32 Å². The number of halogens is 1. The van der Waals surface area contributed by atoms with E-state index in [4.69, 9.17) is 5.11 Å². The molecule has 3 N–H and O–H groups in total. The molecule has 1 aromatic carbocycles. The van der Waals surface area contributed by atoms with E-state index < -0.39 is 11.8 Å². The molecule has 17 heavy (non-hydrogen) atoms. The van der Waals surface area contributed by atoms with Crippen LogP contribution >= 0.6 is 0 Å². The van der Waals surface area contributed by atoms with Gasteiger partial charge in [0.1, 0.15) is 5.82 Å². The number of likely N-dealkylation sites (N-methyl/N-ethyl adjacent to an activating group) is 1. The number of rotatable bonds is 5. The molecule has 0 aliphatic carbocycles. The molecule has 6 heteroatoms. The SMILES string of the molecule is CCNCC(=O)Nc1ccc(C(=O)O)cc1F. The molecule has 0 aromatic heterocycles. The van der Waals surface area contributed by atoms with E-state index in [-0.39, 0.29) is 23.7 Å². The van der Waals surface area contributed by atoms with Crippen LogP contribution in [0.4, 0.5) is 10.1 Å². The van der Waals surface area contributed by atoms with Crippen LogP contribution in [0.25, 0.3) is 0 Å². The second-order valence-electron chi connectivity index (χ2n) is 3.33. The summed E-state index contributed by atoms with van der Waals surface area (Å²) >= 11 is 0. The highest BCUT2D eigenvalue weighted by Gasteiger charge is 2.10. The maximum Gasteiger partial charge on any atom is 0.335 e. The van der Waals surface area contributed by atoms with Crippen molar-refractivity contribution < 1.29 is 19.1 Å². The Morgan fingerprint density at radius 2 is 2.12 bits per heavy atom. The van der Waals surface area contributed by atoms with Crippen LogP contribution in [0.15, 0.2) is 18.2 Å². The maximum atomic E-state index is 13.4. The molecular formula is C11H13FN2O3. The molecule has 1 amide bonds. The summed E-state index contributed by atoms with van der Waals surface area (Å²) in [5.41, 5.74) is -0.190. The molecule has 0 aliphatic rings. The van der Waals surface area contributed by atoms with E-state index >= 15 is 0 Å². The lowest BCUT2D eigenvalue weighted by atomic mass is 10.2. The van der Waals surface area contributed by atoms with Gasteiger partial charge in [-0.1, -0.05) is 6.92 Å². The van der Waals surface area contributed by atoms with Gasteiger partial charge in [0.2, 0.25) is 5.91 Å². The summed E-state index contributed by atoms with van der Waals surface area (Å²) in [6.07, 6.45) is 0. The van der Waals surface area contributed by atoms with Crippen LogP contribution < -0.4 is 10.6 Å². The van der Waals surface area contributed by atoms with Crippen molar-refractivity contribution in [2.24, 2.45) is 0 Å². The zero-order chi connectivity index (χ0) is 12.8. The number of aromatic carboxylic acids is 1. The van der Waals surface area contributed by atoms with E-state index in [0.29, 0.717) is 6.54 Å². The lowest BCUT2D eigenvalue weighted by Gasteiger charge is -2.07. The van der Waals surface area contributed by atoms with E-state index in [2.05, 4.69) is 10.6 Å². The molecule has 5 nitrogen and oxygen atoms in total. The molecule has 92 valence electrons. The highest BCUT2D eigenvalue weighted by atomic mass is 19.1. The number of nitrogens with one attached hydrogen (secondary N) is 2. The van der Waals surface area contributed by atoms with E-state index in [9.17, 15) is 14.0 Å². The topological polar surface area (TPSA) is 78.4 Å². The van der Waals surface area contributed by atoms with E-state index in [1.807, 2.05) is 6.92 Å². The Bertz CT molecular complexity index is 435. The Morgan fingerprint density at radius 3 is 2.65 bits per heavy atom. The van der Waals surface area contributed by atoms with Gasteiger partial charge in [-0.15, -0.1) is 0 Å². The normalized spacial score (nSPS) is 10.0. The van der Waals surface area contributed by atoms with Crippen molar-refractivity contribution in [2.75, 3.05) is 18.4 Å². The largest absolute Gasteiger partial charge is 0.478 e. The molecule has 0 unspecified atom stereocenters. The number of hydrogen-bond donors (Lipinski definition) is 3.